The van der Waals surface area contributed by atoms with Gasteiger partial charge in [-0.3, -0.25) is 9.59 Å². The third kappa shape index (κ3) is 8.99. The highest BCUT2D eigenvalue weighted by Gasteiger charge is 2.34. The average Bonchev–Trinajstić information content (AvgIpc) is 2.58. The standard InChI is InChI=1S/C24H38O5/c1-7-24(6,28)16-19(29-22(27)13-12-21(25)26)15-17(2)10-11-20-18(3)9-8-14-23(20,4)5/h7,15,19-20,28H,1,3,8-14,16H2,2,4-6H3,(H,25,26). The summed E-state index contributed by atoms with van der Waals surface area (Å²) < 4.78 is 5.46. The summed E-state index contributed by atoms with van der Waals surface area (Å²) in [6, 6.07) is 0. The third-order valence-corrected chi connectivity index (χ3v) is 5.93. The fourth-order valence-corrected chi connectivity index (χ4v) is 4.10. The SMILES string of the molecule is C=CC(C)(O)CC(C=C(C)CCC1C(=C)CCCC1(C)C)OC(=O)CCC(=O)O. The molecule has 0 amide bonds. The molecule has 1 aliphatic carbocycles. The van der Waals surface area contributed by atoms with Gasteiger partial charge >= 0.3 is 11.9 Å². The molecule has 1 fully saturated rings. The van der Waals surface area contributed by atoms with Crippen LogP contribution >= 0.6 is 0 Å². The van der Waals surface area contributed by atoms with E-state index in [1.54, 1.807) is 6.92 Å². The third-order valence-electron chi connectivity index (χ3n) is 5.93. The molecule has 2 N–H and O–H groups in total. The number of hydrogen-bond donors (Lipinski definition) is 2. The Bertz CT molecular complexity index is 642. The Balaban J connectivity index is 2.81. The highest BCUT2D eigenvalue weighted by molar-refractivity contribution is 5.76. The number of aliphatic hydroxyl groups is 1. The molecular formula is C24H38O5. The number of esters is 1. The number of ether oxygens (including phenoxy) is 1. The minimum absolute atomic E-state index is 0.175. The van der Waals surface area contributed by atoms with Crippen LogP contribution in [0.3, 0.4) is 0 Å². The van der Waals surface area contributed by atoms with Crippen molar-refractivity contribution in [1.82, 2.24) is 0 Å². The number of carbonyl (C=O) groups is 2. The van der Waals surface area contributed by atoms with Crippen molar-refractivity contribution in [3.63, 3.8) is 0 Å². The van der Waals surface area contributed by atoms with E-state index in [4.69, 9.17) is 9.84 Å². The van der Waals surface area contributed by atoms with E-state index < -0.39 is 23.6 Å². The number of hydrogen-bond acceptors (Lipinski definition) is 4. The number of carboxylic acids is 1. The average molecular weight is 407 g/mol. The molecule has 5 nitrogen and oxygen atoms in total. The molecule has 0 radical (unpaired) electrons. The highest BCUT2D eigenvalue weighted by Crippen LogP contribution is 2.45. The van der Waals surface area contributed by atoms with E-state index in [0.29, 0.717) is 5.92 Å². The molecule has 0 aliphatic heterocycles. The maximum Gasteiger partial charge on any atom is 0.306 e. The van der Waals surface area contributed by atoms with Gasteiger partial charge in [-0.05, 0) is 63.4 Å². The van der Waals surface area contributed by atoms with Gasteiger partial charge < -0.3 is 14.9 Å². The first-order valence-electron chi connectivity index (χ1n) is 10.5. The Morgan fingerprint density at radius 1 is 1.34 bits per heavy atom. The van der Waals surface area contributed by atoms with Crippen LogP contribution in [0, 0.1) is 11.3 Å². The quantitative estimate of drug-likeness (QED) is 0.364. The summed E-state index contributed by atoms with van der Waals surface area (Å²) in [4.78, 5) is 22.7. The molecular weight excluding hydrogens is 368 g/mol. The van der Waals surface area contributed by atoms with Crippen LogP contribution in [0.1, 0.15) is 79.1 Å². The fourth-order valence-electron chi connectivity index (χ4n) is 4.10. The maximum absolute atomic E-state index is 12.0. The van der Waals surface area contributed by atoms with Crippen LogP contribution < -0.4 is 0 Å². The number of carbonyl (C=O) groups excluding carboxylic acids is 1. The van der Waals surface area contributed by atoms with E-state index in [-0.39, 0.29) is 24.7 Å². The van der Waals surface area contributed by atoms with E-state index in [0.717, 1.165) is 24.8 Å². The van der Waals surface area contributed by atoms with Gasteiger partial charge in [0.2, 0.25) is 0 Å². The predicted molar refractivity (Wildman–Crippen MR) is 115 cm³/mol. The summed E-state index contributed by atoms with van der Waals surface area (Å²) in [7, 11) is 0. The van der Waals surface area contributed by atoms with Crippen molar-refractivity contribution in [2.45, 2.75) is 90.8 Å². The lowest BCUT2D eigenvalue weighted by molar-refractivity contribution is -0.151. The number of rotatable bonds is 11. The predicted octanol–water partition coefficient (Wildman–Crippen LogP) is 5.20. The Labute approximate surface area is 175 Å². The second-order valence-corrected chi connectivity index (χ2v) is 9.29. The number of carboxylic acid groups (broad SMARTS) is 1. The van der Waals surface area contributed by atoms with Gasteiger partial charge in [0.25, 0.3) is 0 Å². The summed E-state index contributed by atoms with van der Waals surface area (Å²) in [6.07, 6.45) is 7.70. The highest BCUT2D eigenvalue weighted by atomic mass is 16.5. The Morgan fingerprint density at radius 3 is 2.55 bits per heavy atom. The van der Waals surface area contributed by atoms with Gasteiger partial charge in [0, 0.05) is 6.42 Å². The van der Waals surface area contributed by atoms with Gasteiger partial charge in [0.1, 0.15) is 6.10 Å². The van der Waals surface area contributed by atoms with Crippen LogP contribution in [0.2, 0.25) is 0 Å². The number of allylic oxidation sites excluding steroid dienone is 2. The van der Waals surface area contributed by atoms with Gasteiger partial charge in [-0.1, -0.05) is 37.6 Å². The molecule has 0 aromatic carbocycles. The lowest BCUT2D eigenvalue weighted by atomic mass is 9.65. The molecule has 29 heavy (non-hydrogen) atoms. The zero-order valence-corrected chi connectivity index (χ0v) is 18.5. The van der Waals surface area contributed by atoms with Crippen LogP contribution in [-0.4, -0.2) is 33.9 Å². The summed E-state index contributed by atoms with van der Waals surface area (Å²) in [5.41, 5.74) is 1.45. The molecule has 0 aromatic heterocycles. The van der Waals surface area contributed by atoms with E-state index in [2.05, 4.69) is 27.0 Å². The fraction of sp³-hybridized carbons (Fsp3) is 0.667. The molecule has 5 heteroatoms. The van der Waals surface area contributed by atoms with Gasteiger partial charge in [0.15, 0.2) is 0 Å². The van der Waals surface area contributed by atoms with Crippen molar-refractivity contribution in [2.24, 2.45) is 11.3 Å². The van der Waals surface area contributed by atoms with E-state index in [1.807, 2.05) is 13.0 Å². The van der Waals surface area contributed by atoms with Crippen LogP contribution in [0.15, 0.2) is 36.5 Å². The Morgan fingerprint density at radius 2 is 2.00 bits per heavy atom. The zero-order valence-electron chi connectivity index (χ0n) is 18.5. The minimum Gasteiger partial charge on any atom is -0.481 e. The largest absolute Gasteiger partial charge is 0.481 e. The number of aliphatic carboxylic acids is 1. The van der Waals surface area contributed by atoms with Crippen molar-refractivity contribution in [3.8, 4) is 0 Å². The molecule has 0 spiro atoms. The van der Waals surface area contributed by atoms with Crippen LogP contribution in [0.5, 0.6) is 0 Å². The Kier molecular flexibility index (Phi) is 9.34. The molecule has 164 valence electrons. The first-order chi connectivity index (χ1) is 13.4. The molecule has 0 aromatic rings. The molecule has 0 heterocycles. The molecule has 1 aliphatic rings. The topological polar surface area (TPSA) is 83.8 Å². The summed E-state index contributed by atoms with van der Waals surface area (Å²) in [6.45, 7) is 16.1. The first kappa shape index (κ1) is 25.2. The van der Waals surface area contributed by atoms with Gasteiger partial charge in [-0.15, -0.1) is 6.58 Å². The smallest absolute Gasteiger partial charge is 0.306 e. The van der Waals surface area contributed by atoms with Crippen molar-refractivity contribution in [1.29, 1.82) is 0 Å². The lowest BCUT2D eigenvalue weighted by Gasteiger charge is -2.40. The minimum atomic E-state index is -1.19. The second-order valence-electron chi connectivity index (χ2n) is 9.29. The molecule has 1 rings (SSSR count). The molecule has 1 saturated carbocycles. The molecule has 0 bridgehead atoms. The van der Waals surface area contributed by atoms with Crippen molar-refractivity contribution in [3.05, 3.63) is 36.5 Å². The van der Waals surface area contributed by atoms with Gasteiger partial charge in [0.05, 0.1) is 18.4 Å². The second kappa shape index (κ2) is 10.8. The zero-order chi connectivity index (χ0) is 22.2. The van der Waals surface area contributed by atoms with Crippen molar-refractivity contribution < 1.29 is 24.5 Å². The Hall–Kier alpha value is -1.88. The maximum atomic E-state index is 12.0. The van der Waals surface area contributed by atoms with E-state index in [9.17, 15) is 14.7 Å². The molecule has 0 saturated heterocycles. The van der Waals surface area contributed by atoms with E-state index >= 15 is 0 Å². The first-order valence-corrected chi connectivity index (χ1v) is 10.5. The van der Waals surface area contributed by atoms with Gasteiger partial charge in [-0.2, -0.15) is 0 Å². The molecule has 3 unspecified atom stereocenters. The van der Waals surface area contributed by atoms with Crippen molar-refractivity contribution in [2.75, 3.05) is 0 Å². The monoisotopic (exact) mass is 406 g/mol. The van der Waals surface area contributed by atoms with E-state index in [1.165, 1.54) is 24.5 Å². The summed E-state index contributed by atoms with van der Waals surface area (Å²) in [5.74, 6) is -1.16. The normalized spacial score (nSPS) is 22.4. The van der Waals surface area contributed by atoms with Gasteiger partial charge in [-0.25, -0.2) is 0 Å². The van der Waals surface area contributed by atoms with Crippen LogP contribution in [0.25, 0.3) is 0 Å². The molecule has 3 atom stereocenters. The summed E-state index contributed by atoms with van der Waals surface area (Å²) >= 11 is 0. The lowest BCUT2D eigenvalue weighted by Crippen LogP contribution is -2.30. The van der Waals surface area contributed by atoms with Crippen LogP contribution in [-0.2, 0) is 14.3 Å². The van der Waals surface area contributed by atoms with Crippen molar-refractivity contribution >= 4 is 11.9 Å². The van der Waals surface area contributed by atoms with Crippen LogP contribution in [0.4, 0.5) is 0 Å². The summed E-state index contributed by atoms with van der Waals surface area (Å²) in [5, 5.41) is 19.1.